The number of rotatable bonds is 5. The summed E-state index contributed by atoms with van der Waals surface area (Å²) >= 11 is 0. The fourth-order valence-electron chi connectivity index (χ4n) is 2.22. The minimum Gasteiger partial charge on any atom is -0.377 e. The molecule has 0 aromatic carbocycles. The van der Waals surface area contributed by atoms with Gasteiger partial charge in [-0.05, 0) is 19.4 Å². The zero-order chi connectivity index (χ0) is 11.4. The van der Waals surface area contributed by atoms with E-state index in [4.69, 9.17) is 15.0 Å². The van der Waals surface area contributed by atoms with Crippen LogP contribution in [0.4, 0.5) is 0 Å². The monoisotopic (exact) mass is 225 g/mol. The van der Waals surface area contributed by atoms with Gasteiger partial charge in [0.05, 0.1) is 5.69 Å². The van der Waals surface area contributed by atoms with E-state index in [9.17, 15) is 0 Å². The summed E-state index contributed by atoms with van der Waals surface area (Å²) < 4.78 is 10.1. The van der Waals surface area contributed by atoms with E-state index in [0.29, 0.717) is 12.6 Å². The summed E-state index contributed by atoms with van der Waals surface area (Å²) in [6.45, 7) is 3.14. The van der Waals surface area contributed by atoms with Gasteiger partial charge in [-0.2, -0.15) is 0 Å². The van der Waals surface area contributed by atoms with Crippen LogP contribution in [0.1, 0.15) is 24.3 Å². The van der Waals surface area contributed by atoms with Crippen molar-refractivity contribution >= 4 is 0 Å². The Bertz CT molecular complexity index is 327. The van der Waals surface area contributed by atoms with Gasteiger partial charge in [-0.25, -0.2) is 0 Å². The van der Waals surface area contributed by atoms with Gasteiger partial charge in [0.1, 0.15) is 6.61 Å². The van der Waals surface area contributed by atoms with Crippen molar-refractivity contribution in [3.63, 3.8) is 0 Å². The number of aromatic nitrogens is 1. The third-order valence-corrected chi connectivity index (χ3v) is 3.03. The van der Waals surface area contributed by atoms with Crippen molar-refractivity contribution in [2.45, 2.75) is 32.0 Å². The molecule has 0 radical (unpaired) electrons. The van der Waals surface area contributed by atoms with E-state index in [1.807, 2.05) is 6.07 Å². The number of nitrogens with zero attached hydrogens (tertiary/aromatic N) is 2. The van der Waals surface area contributed by atoms with Crippen molar-refractivity contribution in [3.05, 3.63) is 17.5 Å². The van der Waals surface area contributed by atoms with E-state index in [1.165, 1.54) is 12.8 Å². The minimum absolute atomic E-state index is 0.479. The van der Waals surface area contributed by atoms with Gasteiger partial charge >= 0.3 is 0 Å². The van der Waals surface area contributed by atoms with E-state index >= 15 is 0 Å². The first kappa shape index (κ1) is 11.6. The maximum Gasteiger partial charge on any atom is 0.162 e. The topological polar surface area (TPSA) is 64.5 Å². The third-order valence-electron chi connectivity index (χ3n) is 3.03. The standard InChI is InChI=1S/C11H19N3O2/c1-15-8-11-5-9(13-16-11)7-14-4-2-3-10(14)6-12/h5,10H,2-4,6-8,12H2,1H3. The first-order valence-corrected chi connectivity index (χ1v) is 5.71. The Kier molecular flexibility index (Phi) is 3.93. The quantitative estimate of drug-likeness (QED) is 0.801. The summed E-state index contributed by atoms with van der Waals surface area (Å²) in [4.78, 5) is 2.37. The van der Waals surface area contributed by atoms with Crippen molar-refractivity contribution in [3.8, 4) is 0 Å². The molecule has 16 heavy (non-hydrogen) atoms. The summed E-state index contributed by atoms with van der Waals surface area (Å²) in [5.74, 6) is 0.779. The minimum atomic E-state index is 0.479. The molecule has 1 saturated heterocycles. The lowest BCUT2D eigenvalue weighted by Gasteiger charge is -2.21. The van der Waals surface area contributed by atoms with Crippen LogP contribution in [0.15, 0.2) is 10.6 Å². The molecular formula is C11H19N3O2. The molecule has 0 saturated carbocycles. The third kappa shape index (κ3) is 2.61. The first-order valence-electron chi connectivity index (χ1n) is 5.71. The van der Waals surface area contributed by atoms with Crippen LogP contribution in [-0.2, 0) is 17.9 Å². The molecule has 1 atom stereocenters. The molecule has 0 spiro atoms. The Morgan fingerprint density at radius 3 is 3.31 bits per heavy atom. The van der Waals surface area contributed by atoms with Crippen LogP contribution in [0, 0.1) is 0 Å². The molecule has 90 valence electrons. The van der Waals surface area contributed by atoms with Crippen LogP contribution in [-0.4, -0.2) is 36.3 Å². The van der Waals surface area contributed by atoms with Gasteiger partial charge < -0.3 is 15.0 Å². The van der Waals surface area contributed by atoms with Gasteiger partial charge in [0.25, 0.3) is 0 Å². The summed E-state index contributed by atoms with van der Waals surface area (Å²) in [5, 5.41) is 4.03. The second-order valence-corrected chi connectivity index (χ2v) is 4.22. The van der Waals surface area contributed by atoms with E-state index in [1.54, 1.807) is 7.11 Å². The van der Waals surface area contributed by atoms with Crippen LogP contribution < -0.4 is 5.73 Å². The number of hydrogen-bond donors (Lipinski definition) is 1. The summed E-state index contributed by atoms with van der Waals surface area (Å²) in [7, 11) is 1.65. The molecule has 1 aliphatic rings. The number of ether oxygens (including phenoxy) is 1. The summed E-state index contributed by atoms with van der Waals surface area (Å²) in [6.07, 6.45) is 2.42. The summed E-state index contributed by atoms with van der Waals surface area (Å²) in [6, 6.07) is 2.46. The molecule has 2 N–H and O–H groups in total. The molecule has 1 fully saturated rings. The lowest BCUT2D eigenvalue weighted by atomic mass is 10.2. The smallest absolute Gasteiger partial charge is 0.162 e. The van der Waals surface area contributed by atoms with Gasteiger partial charge in [0.15, 0.2) is 5.76 Å². The fourth-order valence-corrected chi connectivity index (χ4v) is 2.22. The molecule has 5 heteroatoms. The molecule has 0 aliphatic carbocycles. The zero-order valence-corrected chi connectivity index (χ0v) is 9.69. The maximum atomic E-state index is 5.73. The Morgan fingerprint density at radius 2 is 2.56 bits per heavy atom. The van der Waals surface area contributed by atoms with Gasteiger partial charge in [-0.3, -0.25) is 4.90 Å². The van der Waals surface area contributed by atoms with Crippen LogP contribution in [0.3, 0.4) is 0 Å². The van der Waals surface area contributed by atoms with Crippen molar-refractivity contribution in [1.82, 2.24) is 10.1 Å². The molecule has 2 rings (SSSR count). The molecule has 1 aliphatic heterocycles. The summed E-state index contributed by atoms with van der Waals surface area (Å²) in [5.41, 5.74) is 6.69. The number of nitrogens with two attached hydrogens (primary N) is 1. The van der Waals surface area contributed by atoms with Crippen molar-refractivity contribution < 1.29 is 9.26 Å². The molecular weight excluding hydrogens is 206 g/mol. The molecule has 0 bridgehead atoms. The lowest BCUT2D eigenvalue weighted by Crippen LogP contribution is -2.34. The first-order chi connectivity index (χ1) is 7.83. The van der Waals surface area contributed by atoms with Crippen LogP contribution in [0.5, 0.6) is 0 Å². The van der Waals surface area contributed by atoms with Crippen molar-refractivity contribution in [2.75, 3.05) is 20.2 Å². The number of methoxy groups -OCH3 is 1. The Morgan fingerprint density at radius 1 is 1.69 bits per heavy atom. The van der Waals surface area contributed by atoms with Crippen LogP contribution in [0.25, 0.3) is 0 Å². The largest absolute Gasteiger partial charge is 0.377 e. The fraction of sp³-hybridized carbons (Fsp3) is 0.727. The van der Waals surface area contributed by atoms with Crippen LogP contribution in [0.2, 0.25) is 0 Å². The van der Waals surface area contributed by atoms with Crippen molar-refractivity contribution in [1.29, 1.82) is 0 Å². The predicted molar refractivity (Wildman–Crippen MR) is 59.7 cm³/mol. The van der Waals surface area contributed by atoms with Gasteiger partial charge in [0.2, 0.25) is 0 Å². The average Bonchev–Trinajstić information content (AvgIpc) is 2.89. The highest BCUT2D eigenvalue weighted by molar-refractivity contribution is 5.05. The van der Waals surface area contributed by atoms with E-state index in [2.05, 4.69) is 10.1 Å². The second-order valence-electron chi connectivity index (χ2n) is 4.22. The molecule has 1 unspecified atom stereocenters. The normalized spacial score (nSPS) is 21.8. The van der Waals surface area contributed by atoms with Gasteiger partial charge in [0, 0.05) is 32.3 Å². The van der Waals surface area contributed by atoms with Crippen molar-refractivity contribution in [2.24, 2.45) is 5.73 Å². The lowest BCUT2D eigenvalue weighted by molar-refractivity contribution is 0.155. The molecule has 1 aromatic heterocycles. The Hall–Kier alpha value is -0.910. The number of hydrogen-bond acceptors (Lipinski definition) is 5. The van der Waals surface area contributed by atoms with Gasteiger partial charge in [-0.1, -0.05) is 5.16 Å². The van der Waals surface area contributed by atoms with E-state index < -0.39 is 0 Å². The number of likely N-dealkylation sites (tertiary alicyclic amines) is 1. The molecule has 5 nitrogen and oxygen atoms in total. The predicted octanol–water partition coefficient (Wildman–Crippen LogP) is 0.744. The zero-order valence-electron chi connectivity index (χ0n) is 9.69. The molecule has 0 amide bonds. The SMILES string of the molecule is COCc1cc(CN2CCCC2CN)no1. The maximum absolute atomic E-state index is 5.73. The average molecular weight is 225 g/mol. The Labute approximate surface area is 95.5 Å². The highest BCUT2D eigenvalue weighted by Crippen LogP contribution is 2.19. The highest BCUT2D eigenvalue weighted by Gasteiger charge is 2.23. The Balaban J connectivity index is 1.92. The molecule has 2 heterocycles. The second kappa shape index (κ2) is 5.43. The van der Waals surface area contributed by atoms with E-state index in [0.717, 1.165) is 31.1 Å². The van der Waals surface area contributed by atoms with E-state index in [-0.39, 0.29) is 0 Å². The highest BCUT2D eigenvalue weighted by atomic mass is 16.5. The van der Waals surface area contributed by atoms with Crippen LogP contribution >= 0.6 is 0 Å². The van der Waals surface area contributed by atoms with Gasteiger partial charge in [-0.15, -0.1) is 0 Å². The molecule has 1 aromatic rings.